The van der Waals surface area contributed by atoms with Crippen molar-refractivity contribution >= 4 is 23.4 Å². The Kier molecular flexibility index (Phi) is 9.85. The molecule has 0 bridgehead atoms. The van der Waals surface area contributed by atoms with Crippen molar-refractivity contribution in [1.82, 2.24) is 10.0 Å². The quantitative estimate of drug-likeness (QED) is 0.430. The van der Waals surface area contributed by atoms with Gasteiger partial charge >= 0.3 is 12.1 Å². The summed E-state index contributed by atoms with van der Waals surface area (Å²) in [5.41, 5.74) is 1.65. The van der Waals surface area contributed by atoms with Crippen LogP contribution < -0.4 is 10.0 Å². The second-order valence-corrected chi connectivity index (χ2v) is 10.6. The van der Waals surface area contributed by atoms with Crippen LogP contribution in [0.15, 0.2) is 17.0 Å². The van der Waals surface area contributed by atoms with Crippen LogP contribution in [0.4, 0.5) is 4.79 Å². The van der Waals surface area contributed by atoms with Crippen molar-refractivity contribution in [1.29, 1.82) is 0 Å². The van der Waals surface area contributed by atoms with Crippen LogP contribution >= 0.6 is 0 Å². The molecule has 1 aromatic carbocycles. The molecule has 0 fully saturated rings. The van der Waals surface area contributed by atoms with Crippen LogP contribution in [0.25, 0.3) is 0 Å². The minimum Gasteiger partial charge on any atom is -0.593 e. The molecule has 8 heteroatoms. The maximum Gasteiger partial charge on any atom is 0.407 e. The van der Waals surface area contributed by atoms with Crippen molar-refractivity contribution in [3.63, 3.8) is 0 Å². The third-order valence-electron chi connectivity index (χ3n) is 4.76. The van der Waals surface area contributed by atoms with Crippen LogP contribution in [0.2, 0.25) is 0 Å². The summed E-state index contributed by atoms with van der Waals surface area (Å²) in [5.74, 6) is -0.472. The van der Waals surface area contributed by atoms with Crippen LogP contribution in [0.1, 0.15) is 64.7 Å². The molecule has 0 aromatic heterocycles. The summed E-state index contributed by atoms with van der Waals surface area (Å²) in [6.07, 6.45) is -0.0652. The van der Waals surface area contributed by atoms with Crippen molar-refractivity contribution in [2.24, 2.45) is 5.41 Å². The summed E-state index contributed by atoms with van der Waals surface area (Å²) in [6, 6.07) is 3.11. The molecular formula is C23H38N2O5S. The summed E-state index contributed by atoms with van der Waals surface area (Å²) < 4.78 is 26.7. The van der Waals surface area contributed by atoms with Gasteiger partial charge in [-0.25, -0.2) is 4.79 Å². The Balaban J connectivity index is 2.97. The topological polar surface area (TPSA) is 99.7 Å². The number of benzene rings is 1. The number of carbonyl (C=O) groups excluding carboxylic acids is 2. The normalized spacial score (nSPS) is 14.0. The second-order valence-electron chi connectivity index (χ2n) is 9.47. The van der Waals surface area contributed by atoms with Gasteiger partial charge in [0.1, 0.15) is 5.60 Å². The number of hydrogen-bond donors (Lipinski definition) is 2. The number of esters is 1. The van der Waals surface area contributed by atoms with Crippen molar-refractivity contribution in [2.45, 2.75) is 85.3 Å². The molecule has 2 N–H and O–H groups in total. The first-order chi connectivity index (χ1) is 14.2. The molecule has 0 aliphatic carbocycles. The van der Waals surface area contributed by atoms with Gasteiger partial charge in [-0.1, -0.05) is 31.5 Å². The maximum absolute atomic E-state index is 13.2. The van der Waals surface area contributed by atoms with E-state index in [1.54, 1.807) is 27.7 Å². The number of amides is 1. The van der Waals surface area contributed by atoms with Gasteiger partial charge in [0.05, 0.1) is 18.0 Å². The van der Waals surface area contributed by atoms with E-state index < -0.39 is 40.5 Å². The van der Waals surface area contributed by atoms with E-state index in [-0.39, 0.29) is 6.61 Å². The Labute approximate surface area is 190 Å². The monoisotopic (exact) mass is 454 g/mol. The van der Waals surface area contributed by atoms with Crippen molar-refractivity contribution in [2.75, 3.05) is 13.2 Å². The Morgan fingerprint density at radius 1 is 1.10 bits per heavy atom. The Hall–Kier alpha value is -1.77. The summed E-state index contributed by atoms with van der Waals surface area (Å²) in [7, 11) is 0. The summed E-state index contributed by atoms with van der Waals surface area (Å²) in [5, 5.41) is 2.71. The predicted octanol–water partition coefficient (Wildman–Crippen LogP) is 4.10. The van der Waals surface area contributed by atoms with Crippen molar-refractivity contribution in [3.05, 3.63) is 28.8 Å². The number of carbonyl (C=O) groups is 2. The van der Waals surface area contributed by atoms with Crippen LogP contribution in [-0.4, -0.2) is 41.4 Å². The highest BCUT2D eigenvalue weighted by molar-refractivity contribution is 7.89. The lowest BCUT2D eigenvalue weighted by atomic mass is 9.81. The first kappa shape index (κ1) is 27.3. The molecule has 0 heterocycles. The minimum absolute atomic E-state index is 0.221. The van der Waals surface area contributed by atoms with Crippen LogP contribution in [0.3, 0.4) is 0 Å². The van der Waals surface area contributed by atoms with Crippen molar-refractivity contribution in [3.8, 4) is 0 Å². The lowest BCUT2D eigenvalue weighted by Gasteiger charge is -2.33. The van der Waals surface area contributed by atoms with Crippen LogP contribution in [0, 0.1) is 26.2 Å². The zero-order valence-electron chi connectivity index (χ0n) is 20.3. The Morgan fingerprint density at radius 3 is 2.13 bits per heavy atom. The zero-order valence-corrected chi connectivity index (χ0v) is 21.1. The largest absolute Gasteiger partial charge is 0.593 e. The summed E-state index contributed by atoms with van der Waals surface area (Å²) in [6.45, 7) is 17.2. The Bertz CT molecular complexity index is 751. The number of rotatable bonds is 9. The first-order valence-corrected chi connectivity index (χ1v) is 11.7. The van der Waals surface area contributed by atoms with E-state index in [4.69, 9.17) is 9.47 Å². The third kappa shape index (κ3) is 8.71. The van der Waals surface area contributed by atoms with Gasteiger partial charge in [-0.05, 0) is 60.3 Å². The van der Waals surface area contributed by atoms with Gasteiger partial charge in [-0.15, -0.1) is 4.72 Å². The molecule has 0 radical (unpaired) electrons. The van der Waals surface area contributed by atoms with Crippen molar-refractivity contribution < 1.29 is 23.6 Å². The standard InChI is InChI=1S/C23H38N2O5S/c1-10-29-20(26)19(23(8,9)11-12-24-21(27)30-22(5,6)7)25-31(28)18-16(3)13-15(2)14-17(18)4/h13-14,19,25H,10-12H2,1-9H3,(H,24,27)/t19-,31+/m1/s1. The predicted molar refractivity (Wildman–Crippen MR) is 123 cm³/mol. The average Bonchev–Trinajstić information content (AvgIpc) is 2.56. The van der Waals surface area contributed by atoms with E-state index in [9.17, 15) is 14.1 Å². The van der Waals surface area contributed by atoms with Gasteiger partial charge in [0.2, 0.25) is 0 Å². The molecule has 1 aromatic rings. The average molecular weight is 455 g/mol. The number of nitrogens with one attached hydrogen (secondary N) is 2. The molecule has 176 valence electrons. The second kappa shape index (κ2) is 11.2. The lowest BCUT2D eigenvalue weighted by molar-refractivity contribution is -0.148. The fraction of sp³-hybridized carbons (Fsp3) is 0.652. The van der Waals surface area contributed by atoms with E-state index in [0.717, 1.165) is 16.7 Å². The minimum atomic E-state index is -1.61. The molecule has 2 atom stereocenters. The van der Waals surface area contributed by atoms with Crippen LogP contribution in [-0.2, 0) is 25.6 Å². The van der Waals surface area contributed by atoms with Crippen LogP contribution in [0.5, 0.6) is 0 Å². The molecule has 1 amide bonds. The summed E-state index contributed by atoms with van der Waals surface area (Å²) >= 11 is -1.61. The lowest BCUT2D eigenvalue weighted by Crippen LogP contribution is -2.52. The van der Waals surface area contributed by atoms with E-state index in [2.05, 4.69) is 10.0 Å². The molecule has 7 nitrogen and oxygen atoms in total. The molecule has 0 saturated heterocycles. The number of ether oxygens (including phenoxy) is 2. The van der Waals surface area contributed by atoms with Gasteiger partial charge in [0, 0.05) is 17.7 Å². The van der Waals surface area contributed by atoms with Gasteiger partial charge in [0.25, 0.3) is 0 Å². The van der Waals surface area contributed by atoms with E-state index >= 15 is 0 Å². The van der Waals surface area contributed by atoms with E-state index in [1.165, 1.54) is 0 Å². The molecule has 0 saturated carbocycles. The Morgan fingerprint density at radius 2 is 1.65 bits per heavy atom. The molecule has 0 spiro atoms. The summed E-state index contributed by atoms with van der Waals surface area (Å²) in [4.78, 5) is 25.3. The molecule has 0 aliphatic rings. The van der Waals surface area contributed by atoms with Gasteiger partial charge < -0.3 is 19.3 Å². The third-order valence-corrected chi connectivity index (χ3v) is 6.22. The SMILES string of the molecule is CCOC(=O)[C@@H](N[S@@+]([O-])c1c(C)cc(C)cc1C)C(C)(C)CCNC(=O)OC(C)(C)C. The molecule has 0 aliphatic heterocycles. The van der Waals surface area contributed by atoms with E-state index in [0.29, 0.717) is 17.9 Å². The highest BCUT2D eigenvalue weighted by atomic mass is 32.2. The van der Waals surface area contributed by atoms with Gasteiger partial charge in [-0.3, -0.25) is 4.79 Å². The highest BCUT2D eigenvalue weighted by Gasteiger charge is 2.40. The smallest absolute Gasteiger partial charge is 0.407 e. The first-order valence-electron chi connectivity index (χ1n) is 10.6. The van der Waals surface area contributed by atoms with Gasteiger partial charge in [-0.2, -0.15) is 0 Å². The van der Waals surface area contributed by atoms with E-state index in [1.807, 2.05) is 46.8 Å². The maximum atomic E-state index is 13.2. The number of alkyl carbamates (subject to hydrolysis) is 1. The fourth-order valence-electron chi connectivity index (χ4n) is 3.32. The molecular weight excluding hydrogens is 416 g/mol. The number of aryl methyl sites for hydroxylation is 3. The zero-order chi connectivity index (χ0) is 24.0. The molecule has 1 rings (SSSR count). The fourth-order valence-corrected chi connectivity index (χ4v) is 4.77. The molecule has 31 heavy (non-hydrogen) atoms. The number of hydrogen-bond acceptors (Lipinski definition) is 6. The van der Waals surface area contributed by atoms with Gasteiger partial charge in [0.15, 0.2) is 10.9 Å². The highest BCUT2D eigenvalue weighted by Crippen LogP contribution is 2.29. The molecule has 0 unspecified atom stereocenters.